The molecule has 1 fully saturated rings. The normalized spacial score (nSPS) is 15.4. The SMILES string of the molecule is CCN(CC)c1ccc(/C=C2/C(=O)NN(c3ccc(I)cc3)C2=O)c(O)c1. The topological polar surface area (TPSA) is 72.9 Å². The lowest BCUT2D eigenvalue weighted by molar-refractivity contribution is -0.117. The number of hydrazine groups is 1. The predicted molar refractivity (Wildman–Crippen MR) is 114 cm³/mol. The molecule has 0 unspecified atom stereocenters. The standard InChI is InChI=1S/C20H20IN3O3/c1-3-23(4-2)16-8-5-13(18(25)12-16)11-17-19(26)22-24(20(17)27)15-9-6-14(21)7-10-15/h5-12,25H,3-4H2,1-2H3,(H,22,26)/b17-11-. The van der Waals surface area contributed by atoms with E-state index in [4.69, 9.17) is 0 Å². The number of carbonyl (C=O) groups excluding carboxylic acids is 2. The second-order valence-electron chi connectivity index (χ2n) is 6.03. The van der Waals surface area contributed by atoms with Crippen LogP contribution in [0.1, 0.15) is 19.4 Å². The highest BCUT2D eigenvalue weighted by Gasteiger charge is 2.34. The molecule has 0 spiro atoms. The Morgan fingerprint density at radius 1 is 1.11 bits per heavy atom. The molecule has 1 saturated heterocycles. The van der Waals surface area contributed by atoms with Crippen LogP contribution in [0, 0.1) is 3.57 Å². The Morgan fingerprint density at radius 2 is 1.78 bits per heavy atom. The van der Waals surface area contributed by atoms with Crippen molar-refractivity contribution in [1.82, 2.24) is 5.43 Å². The van der Waals surface area contributed by atoms with Gasteiger partial charge in [0.2, 0.25) is 0 Å². The van der Waals surface area contributed by atoms with E-state index in [-0.39, 0.29) is 11.3 Å². The fourth-order valence-corrected chi connectivity index (χ4v) is 3.28. The van der Waals surface area contributed by atoms with Gasteiger partial charge in [-0.1, -0.05) is 0 Å². The van der Waals surface area contributed by atoms with Crippen molar-refractivity contribution in [3.05, 3.63) is 57.2 Å². The fourth-order valence-electron chi connectivity index (χ4n) is 2.92. The van der Waals surface area contributed by atoms with Crippen molar-refractivity contribution in [2.75, 3.05) is 23.0 Å². The van der Waals surface area contributed by atoms with Crippen LogP contribution in [0.4, 0.5) is 11.4 Å². The van der Waals surface area contributed by atoms with E-state index in [1.807, 2.05) is 32.0 Å². The lowest BCUT2D eigenvalue weighted by Crippen LogP contribution is -2.35. The maximum Gasteiger partial charge on any atom is 0.282 e. The van der Waals surface area contributed by atoms with Crippen LogP contribution in [0.2, 0.25) is 0 Å². The Bertz CT molecular complexity index is 905. The predicted octanol–water partition coefficient (Wildman–Crippen LogP) is 3.30. The van der Waals surface area contributed by atoms with E-state index in [2.05, 4.69) is 32.9 Å². The summed E-state index contributed by atoms with van der Waals surface area (Å²) >= 11 is 2.17. The molecule has 7 heteroatoms. The number of phenolic OH excluding ortho intramolecular Hbond substituents is 1. The Kier molecular flexibility index (Phi) is 5.69. The molecule has 1 heterocycles. The molecule has 140 valence electrons. The number of amides is 2. The molecule has 0 aliphatic carbocycles. The second kappa shape index (κ2) is 7.99. The molecular weight excluding hydrogens is 457 g/mol. The molecule has 0 aromatic heterocycles. The molecule has 2 aromatic rings. The van der Waals surface area contributed by atoms with Gasteiger partial charge in [-0.05, 0) is 78.9 Å². The molecule has 0 radical (unpaired) electrons. The fraction of sp³-hybridized carbons (Fsp3) is 0.200. The van der Waals surface area contributed by atoms with Crippen LogP contribution in [-0.4, -0.2) is 30.0 Å². The van der Waals surface area contributed by atoms with Crippen molar-refractivity contribution < 1.29 is 14.7 Å². The Balaban J connectivity index is 1.89. The van der Waals surface area contributed by atoms with Gasteiger partial charge in [0.25, 0.3) is 11.8 Å². The van der Waals surface area contributed by atoms with E-state index in [1.165, 1.54) is 11.1 Å². The summed E-state index contributed by atoms with van der Waals surface area (Å²) in [7, 11) is 0. The van der Waals surface area contributed by atoms with Gasteiger partial charge in [-0.15, -0.1) is 0 Å². The third kappa shape index (κ3) is 3.92. The van der Waals surface area contributed by atoms with Gasteiger partial charge < -0.3 is 10.0 Å². The molecule has 0 bridgehead atoms. The molecular formula is C20H20IN3O3. The molecule has 1 aliphatic heterocycles. The van der Waals surface area contributed by atoms with Gasteiger partial charge in [-0.3, -0.25) is 15.0 Å². The maximum atomic E-state index is 12.7. The average molecular weight is 477 g/mol. The van der Waals surface area contributed by atoms with E-state index in [0.717, 1.165) is 22.3 Å². The number of benzene rings is 2. The summed E-state index contributed by atoms with van der Waals surface area (Å²) in [4.78, 5) is 27.1. The lowest BCUT2D eigenvalue weighted by Gasteiger charge is -2.21. The zero-order chi connectivity index (χ0) is 19.6. The number of anilines is 2. The van der Waals surface area contributed by atoms with E-state index in [1.54, 1.807) is 24.3 Å². The molecule has 3 rings (SSSR count). The van der Waals surface area contributed by atoms with Crippen LogP contribution in [0.3, 0.4) is 0 Å². The maximum absolute atomic E-state index is 12.7. The van der Waals surface area contributed by atoms with Gasteiger partial charge in [-0.2, -0.15) is 0 Å². The van der Waals surface area contributed by atoms with Gasteiger partial charge in [0.15, 0.2) is 0 Å². The number of aromatic hydroxyl groups is 1. The van der Waals surface area contributed by atoms with Crippen LogP contribution in [0.25, 0.3) is 6.08 Å². The monoisotopic (exact) mass is 477 g/mol. The van der Waals surface area contributed by atoms with Crippen LogP contribution >= 0.6 is 22.6 Å². The van der Waals surface area contributed by atoms with Gasteiger partial charge in [-0.25, -0.2) is 5.01 Å². The summed E-state index contributed by atoms with van der Waals surface area (Å²) in [6, 6.07) is 12.5. The van der Waals surface area contributed by atoms with Crippen molar-refractivity contribution in [2.45, 2.75) is 13.8 Å². The highest BCUT2D eigenvalue weighted by Crippen LogP contribution is 2.28. The highest BCUT2D eigenvalue weighted by molar-refractivity contribution is 14.1. The van der Waals surface area contributed by atoms with Crippen molar-refractivity contribution in [3.8, 4) is 5.75 Å². The minimum absolute atomic E-state index is 0.0144. The van der Waals surface area contributed by atoms with Gasteiger partial charge in [0.1, 0.15) is 11.3 Å². The number of hydrogen-bond acceptors (Lipinski definition) is 4. The second-order valence-corrected chi connectivity index (χ2v) is 7.28. The third-order valence-electron chi connectivity index (χ3n) is 4.42. The first-order chi connectivity index (χ1) is 12.9. The summed E-state index contributed by atoms with van der Waals surface area (Å²) in [6.07, 6.45) is 1.42. The molecule has 27 heavy (non-hydrogen) atoms. The van der Waals surface area contributed by atoms with E-state index in [0.29, 0.717) is 11.3 Å². The number of carbonyl (C=O) groups is 2. The third-order valence-corrected chi connectivity index (χ3v) is 5.14. The Hall–Kier alpha value is -2.55. The summed E-state index contributed by atoms with van der Waals surface area (Å²) < 4.78 is 1.03. The van der Waals surface area contributed by atoms with Gasteiger partial charge in [0, 0.05) is 34.0 Å². The van der Waals surface area contributed by atoms with E-state index in [9.17, 15) is 14.7 Å². The zero-order valence-corrected chi connectivity index (χ0v) is 17.2. The first-order valence-electron chi connectivity index (χ1n) is 8.65. The van der Waals surface area contributed by atoms with E-state index < -0.39 is 11.8 Å². The van der Waals surface area contributed by atoms with Crippen LogP contribution in [0.5, 0.6) is 5.75 Å². The zero-order valence-electron chi connectivity index (χ0n) is 15.1. The molecule has 2 amide bonds. The molecule has 2 aromatic carbocycles. The molecule has 1 aliphatic rings. The number of nitrogens with zero attached hydrogens (tertiary/aromatic N) is 2. The summed E-state index contributed by atoms with van der Waals surface area (Å²) in [5, 5.41) is 11.6. The number of hydrogen-bond donors (Lipinski definition) is 2. The summed E-state index contributed by atoms with van der Waals surface area (Å²) in [5.41, 5.74) is 4.44. The molecule has 0 saturated carbocycles. The van der Waals surface area contributed by atoms with E-state index >= 15 is 0 Å². The van der Waals surface area contributed by atoms with Crippen molar-refractivity contribution in [2.24, 2.45) is 0 Å². The van der Waals surface area contributed by atoms with Gasteiger partial charge >= 0.3 is 0 Å². The highest BCUT2D eigenvalue weighted by atomic mass is 127. The van der Waals surface area contributed by atoms with Crippen molar-refractivity contribution >= 4 is 51.9 Å². The number of nitrogens with one attached hydrogen (secondary N) is 1. The summed E-state index contributed by atoms with van der Waals surface area (Å²) in [6.45, 7) is 5.72. The number of phenols is 1. The molecule has 2 N–H and O–H groups in total. The van der Waals surface area contributed by atoms with Crippen LogP contribution in [0.15, 0.2) is 48.0 Å². The Morgan fingerprint density at radius 3 is 2.37 bits per heavy atom. The van der Waals surface area contributed by atoms with Crippen LogP contribution in [-0.2, 0) is 9.59 Å². The molecule has 6 nitrogen and oxygen atoms in total. The van der Waals surface area contributed by atoms with Gasteiger partial charge in [0.05, 0.1) is 5.69 Å². The van der Waals surface area contributed by atoms with Crippen LogP contribution < -0.4 is 15.3 Å². The molecule has 0 atom stereocenters. The average Bonchev–Trinajstić information content (AvgIpc) is 2.93. The Labute approximate surface area is 171 Å². The number of halogens is 1. The largest absolute Gasteiger partial charge is 0.507 e. The lowest BCUT2D eigenvalue weighted by atomic mass is 10.1. The summed E-state index contributed by atoms with van der Waals surface area (Å²) in [5.74, 6) is -0.917. The minimum atomic E-state index is -0.495. The smallest absolute Gasteiger partial charge is 0.282 e. The number of rotatable bonds is 5. The quantitative estimate of drug-likeness (QED) is 0.394. The van der Waals surface area contributed by atoms with Crippen molar-refractivity contribution in [1.29, 1.82) is 0 Å². The minimum Gasteiger partial charge on any atom is -0.507 e. The first kappa shape index (κ1) is 19.2. The first-order valence-corrected chi connectivity index (χ1v) is 9.73. The van der Waals surface area contributed by atoms with Crippen molar-refractivity contribution in [3.63, 3.8) is 0 Å².